The van der Waals surface area contributed by atoms with Gasteiger partial charge in [-0.05, 0) is 12.0 Å². The van der Waals surface area contributed by atoms with Crippen LogP contribution in [0.5, 0.6) is 0 Å². The van der Waals surface area contributed by atoms with Crippen molar-refractivity contribution < 1.29 is 9.90 Å². The summed E-state index contributed by atoms with van der Waals surface area (Å²) in [5.41, 5.74) is 0. The van der Waals surface area contributed by atoms with Crippen molar-refractivity contribution in [2.45, 2.75) is 19.4 Å². The van der Waals surface area contributed by atoms with Crippen LogP contribution in [0.3, 0.4) is 0 Å². The van der Waals surface area contributed by atoms with E-state index in [0.717, 1.165) is 0 Å². The van der Waals surface area contributed by atoms with Crippen LogP contribution in [0, 0.1) is 5.92 Å². The minimum Gasteiger partial charge on any atom is -0.389 e. The third kappa shape index (κ3) is 1.39. The van der Waals surface area contributed by atoms with Gasteiger partial charge in [0.05, 0.1) is 6.10 Å². The predicted molar refractivity (Wildman–Crippen MR) is 33.9 cm³/mol. The Morgan fingerprint density at radius 2 is 2.44 bits per heavy atom. The summed E-state index contributed by atoms with van der Waals surface area (Å²) < 4.78 is 0. The smallest absolute Gasteiger partial charge is 0.155 e. The number of aliphatic hydroxyl groups excluding tert-OH is 1. The largest absolute Gasteiger partial charge is 0.389 e. The van der Waals surface area contributed by atoms with Gasteiger partial charge < -0.3 is 5.11 Å². The molecule has 2 atom stereocenters. The summed E-state index contributed by atoms with van der Waals surface area (Å²) in [5, 5.41) is 9.06. The van der Waals surface area contributed by atoms with Crippen LogP contribution < -0.4 is 0 Å². The minimum atomic E-state index is -0.414. The minimum absolute atomic E-state index is 0.0995. The van der Waals surface area contributed by atoms with E-state index < -0.39 is 6.10 Å². The monoisotopic (exact) mass is 126 g/mol. The van der Waals surface area contributed by atoms with Crippen LogP contribution in [0.1, 0.15) is 13.3 Å². The summed E-state index contributed by atoms with van der Waals surface area (Å²) in [6.45, 7) is 1.87. The van der Waals surface area contributed by atoms with Gasteiger partial charge in [0.1, 0.15) is 0 Å². The first-order chi connectivity index (χ1) is 4.20. The van der Waals surface area contributed by atoms with E-state index in [1.165, 1.54) is 6.08 Å². The van der Waals surface area contributed by atoms with Crippen LogP contribution in [0.4, 0.5) is 0 Å². The lowest BCUT2D eigenvalue weighted by Crippen LogP contribution is -2.21. The number of hydrogen-bond acceptors (Lipinski definition) is 2. The van der Waals surface area contributed by atoms with Crippen molar-refractivity contribution in [3.05, 3.63) is 12.2 Å². The summed E-state index contributed by atoms with van der Waals surface area (Å²) in [7, 11) is 0. The number of allylic oxidation sites excluding steroid dienone is 1. The molecule has 1 aliphatic carbocycles. The van der Waals surface area contributed by atoms with Gasteiger partial charge >= 0.3 is 0 Å². The van der Waals surface area contributed by atoms with Crippen molar-refractivity contribution in [2.24, 2.45) is 5.92 Å². The van der Waals surface area contributed by atoms with Gasteiger partial charge in [-0.25, -0.2) is 0 Å². The van der Waals surface area contributed by atoms with E-state index in [0.29, 0.717) is 6.42 Å². The third-order valence-corrected chi connectivity index (χ3v) is 1.59. The Morgan fingerprint density at radius 3 is 2.89 bits per heavy atom. The van der Waals surface area contributed by atoms with Gasteiger partial charge in [-0.2, -0.15) is 0 Å². The molecular formula is C7H10O2. The summed E-state index contributed by atoms with van der Waals surface area (Å²) in [6.07, 6.45) is 3.07. The van der Waals surface area contributed by atoms with Crippen LogP contribution >= 0.6 is 0 Å². The maximum absolute atomic E-state index is 10.6. The second-order valence-electron chi connectivity index (χ2n) is 2.50. The molecule has 0 aromatic heterocycles. The van der Waals surface area contributed by atoms with Gasteiger partial charge in [-0.1, -0.05) is 13.0 Å². The zero-order valence-corrected chi connectivity index (χ0v) is 5.37. The van der Waals surface area contributed by atoms with E-state index in [2.05, 4.69) is 0 Å². The van der Waals surface area contributed by atoms with Crippen molar-refractivity contribution in [1.29, 1.82) is 0 Å². The maximum atomic E-state index is 10.6. The summed E-state index contributed by atoms with van der Waals surface area (Å²) in [6, 6.07) is 0. The molecule has 0 unspecified atom stereocenters. The van der Waals surface area contributed by atoms with E-state index in [1.807, 2.05) is 6.92 Å². The van der Waals surface area contributed by atoms with E-state index in [9.17, 15) is 4.79 Å². The zero-order valence-electron chi connectivity index (χ0n) is 5.37. The van der Waals surface area contributed by atoms with Crippen LogP contribution in [0.2, 0.25) is 0 Å². The molecule has 2 heteroatoms. The van der Waals surface area contributed by atoms with Gasteiger partial charge in [-0.3, -0.25) is 4.79 Å². The zero-order chi connectivity index (χ0) is 6.85. The Bertz CT molecular complexity index is 149. The van der Waals surface area contributed by atoms with Crippen LogP contribution in [0.15, 0.2) is 12.2 Å². The first-order valence-corrected chi connectivity index (χ1v) is 3.09. The Balaban J connectivity index is 2.65. The van der Waals surface area contributed by atoms with E-state index in [4.69, 9.17) is 5.11 Å². The molecule has 0 saturated carbocycles. The number of carbonyl (C=O) groups excluding carboxylic acids is 1. The molecule has 0 aromatic carbocycles. The fourth-order valence-electron chi connectivity index (χ4n) is 0.902. The summed E-state index contributed by atoms with van der Waals surface area (Å²) in [4.78, 5) is 10.6. The van der Waals surface area contributed by atoms with Gasteiger partial charge in [0, 0.05) is 6.42 Å². The lowest BCUT2D eigenvalue weighted by atomic mass is 9.93. The first-order valence-electron chi connectivity index (χ1n) is 3.09. The average Bonchev–Trinajstić information content (AvgIpc) is 1.80. The molecule has 2 nitrogen and oxygen atoms in total. The lowest BCUT2D eigenvalue weighted by molar-refractivity contribution is -0.116. The number of hydrogen-bond donors (Lipinski definition) is 1. The molecule has 1 N–H and O–H groups in total. The molecule has 1 rings (SSSR count). The molecule has 0 aliphatic heterocycles. The van der Waals surface area contributed by atoms with Crippen LogP contribution in [-0.4, -0.2) is 17.0 Å². The molecule has 0 heterocycles. The highest BCUT2D eigenvalue weighted by atomic mass is 16.3. The summed E-state index contributed by atoms with van der Waals surface area (Å²) in [5.74, 6) is 0.218. The quantitative estimate of drug-likeness (QED) is 0.513. The van der Waals surface area contributed by atoms with Gasteiger partial charge in [0.15, 0.2) is 5.78 Å². The van der Waals surface area contributed by atoms with Crippen molar-refractivity contribution >= 4 is 5.78 Å². The molecule has 0 saturated heterocycles. The number of ketones is 1. The van der Waals surface area contributed by atoms with Gasteiger partial charge in [0.25, 0.3) is 0 Å². The number of aliphatic hydroxyl groups is 1. The Morgan fingerprint density at radius 1 is 1.78 bits per heavy atom. The third-order valence-electron chi connectivity index (χ3n) is 1.59. The maximum Gasteiger partial charge on any atom is 0.155 e. The lowest BCUT2D eigenvalue weighted by Gasteiger charge is -2.17. The van der Waals surface area contributed by atoms with Gasteiger partial charge in [0.2, 0.25) is 0 Å². The number of carbonyl (C=O) groups is 1. The predicted octanol–water partition coefficient (Wildman–Crippen LogP) is 0.512. The molecule has 0 bridgehead atoms. The Kier molecular flexibility index (Phi) is 1.67. The molecule has 9 heavy (non-hydrogen) atoms. The molecular weight excluding hydrogens is 116 g/mol. The molecule has 50 valence electrons. The highest BCUT2D eigenvalue weighted by molar-refractivity contribution is 5.90. The Labute approximate surface area is 54.2 Å². The standard InChI is InChI=1S/C7H10O2/c1-5-4-6(8)2-3-7(5)9/h2-3,5,7,9H,4H2,1H3/t5-,7-/m1/s1. The van der Waals surface area contributed by atoms with E-state index in [-0.39, 0.29) is 11.7 Å². The van der Waals surface area contributed by atoms with Gasteiger partial charge in [-0.15, -0.1) is 0 Å². The SMILES string of the molecule is C[C@@H]1CC(=O)C=C[C@H]1O. The first kappa shape index (κ1) is 6.49. The van der Waals surface area contributed by atoms with Crippen molar-refractivity contribution in [2.75, 3.05) is 0 Å². The fraction of sp³-hybridized carbons (Fsp3) is 0.571. The highest BCUT2D eigenvalue weighted by Gasteiger charge is 2.18. The van der Waals surface area contributed by atoms with Crippen LogP contribution in [0.25, 0.3) is 0 Å². The molecule has 0 spiro atoms. The van der Waals surface area contributed by atoms with E-state index >= 15 is 0 Å². The molecule has 0 amide bonds. The average molecular weight is 126 g/mol. The topological polar surface area (TPSA) is 37.3 Å². The highest BCUT2D eigenvalue weighted by Crippen LogP contribution is 2.14. The second kappa shape index (κ2) is 2.31. The van der Waals surface area contributed by atoms with Crippen molar-refractivity contribution in [1.82, 2.24) is 0 Å². The number of rotatable bonds is 0. The van der Waals surface area contributed by atoms with Crippen molar-refractivity contribution in [3.8, 4) is 0 Å². The van der Waals surface area contributed by atoms with Crippen LogP contribution in [-0.2, 0) is 4.79 Å². The van der Waals surface area contributed by atoms with E-state index in [1.54, 1.807) is 6.08 Å². The second-order valence-corrected chi connectivity index (χ2v) is 2.50. The molecule has 1 aliphatic rings. The summed E-state index contributed by atoms with van der Waals surface area (Å²) >= 11 is 0. The molecule has 0 aromatic rings. The molecule has 0 fully saturated rings. The normalized spacial score (nSPS) is 35.1. The molecule has 0 radical (unpaired) electrons. The fourth-order valence-corrected chi connectivity index (χ4v) is 0.902. The Hall–Kier alpha value is -0.630. The van der Waals surface area contributed by atoms with Crippen molar-refractivity contribution in [3.63, 3.8) is 0 Å².